The molecule has 0 saturated heterocycles. The third kappa shape index (κ3) is 1.53. The Hall–Kier alpha value is -0.980. The molecule has 0 aliphatic carbocycles. The predicted molar refractivity (Wildman–Crippen MR) is 43.4 cm³/mol. The quantitative estimate of drug-likeness (QED) is 0.631. The van der Waals surface area contributed by atoms with Gasteiger partial charge in [0.2, 0.25) is 0 Å². The van der Waals surface area contributed by atoms with Gasteiger partial charge in [-0.25, -0.2) is 4.98 Å². The van der Waals surface area contributed by atoms with Crippen LogP contribution in [0.3, 0.4) is 0 Å². The van der Waals surface area contributed by atoms with E-state index in [1.165, 1.54) is 6.07 Å². The van der Waals surface area contributed by atoms with Gasteiger partial charge in [-0.15, -0.1) is 0 Å². The average Bonchev–Trinajstić information content (AvgIpc) is 1.96. The van der Waals surface area contributed by atoms with E-state index in [9.17, 15) is 0 Å². The molecule has 0 radical (unpaired) electrons. The molecule has 0 unspecified atom stereocenters. The van der Waals surface area contributed by atoms with Crippen molar-refractivity contribution < 1.29 is 0 Å². The van der Waals surface area contributed by atoms with Gasteiger partial charge in [0.1, 0.15) is 11.2 Å². The van der Waals surface area contributed by atoms with Crippen LogP contribution in [0.25, 0.3) is 0 Å². The van der Waals surface area contributed by atoms with Crippen LogP contribution in [-0.2, 0) is 0 Å². The fourth-order valence-corrected chi connectivity index (χ4v) is 1.02. The van der Waals surface area contributed by atoms with E-state index in [0.29, 0.717) is 0 Å². The highest BCUT2D eigenvalue weighted by Gasteiger charge is 2.05. The third-order valence-electron chi connectivity index (χ3n) is 1.10. The van der Waals surface area contributed by atoms with E-state index in [1.807, 2.05) is 6.07 Å². The van der Waals surface area contributed by atoms with Crippen molar-refractivity contribution >= 4 is 28.9 Å². The summed E-state index contributed by atoms with van der Waals surface area (Å²) >= 11 is 11.0. The molecule has 1 aromatic heterocycles. The molecule has 3 nitrogen and oxygen atoms in total. The van der Waals surface area contributed by atoms with Crippen LogP contribution < -0.4 is 5.73 Å². The summed E-state index contributed by atoms with van der Waals surface area (Å²) in [4.78, 5) is 3.64. The van der Waals surface area contributed by atoms with Gasteiger partial charge in [0.15, 0.2) is 5.15 Å². The number of hydrogen-bond donors (Lipinski definition) is 1. The summed E-state index contributed by atoms with van der Waals surface area (Å²) in [5.74, 6) is 0. The number of aromatic nitrogens is 1. The van der Waals surface area contributed by atoms with Crippen LogP contribution >= 0.6 is 23.2 Å². The first-order valence-corrected chi connectivity index (χ1v) is 3.42. The molecule has 11 heavy (non-hydrogen) atoms. The highest BCUT2D eigenvalue weighted by atomic mass is 35.5. The molecule has 0 bridgehead atoms. The van der Waals surface area contributed by atoms with Crippen molar-refractivity contribution in [3.63, 3.8) is 0 Å². The second kappa shape index (κ2) is 2.95. The molecule has 1 aromatic rings. The Labute approximate surface area is 73.4 Å². The fourth-order valence-electron chi connectivity index (χ4n) is 0.587. The molecule has 0 saturated carbocycles. The summed E-state index contributed by atoms with van der Waals surface area (Å²) < 4.78 is 0. The second-order valence-corrected chi connectivity index (χ2v) is 2.55. The number of nitrogens with two attached hydrogens (primary N) is 1. The van der Waals surface area contributed by atoms with E-state index in [2.05, 4.69) is 4.98 Å². The molecule has 0 spiro atoms. The predicted octanol–water partition coefficient (Wildman–Crippen LogP) is 1.84. The van der Waals surface area contributed by atoms with Crippen LogP contribution in [-0.4, -0.2) is 4.98 Å². The minimum absolute atomic E-state index is 0.0639. The lowest BCUT2D eigenvalue weighted by Gasteiger charge is -1.98. The number of pyridine rings is 1. The molecular weight excluding hydrogens is 185 g/mol. The molecule has 0 aromatic carbocycles. The average molecular weight is 188 g/mol. The normalized spacial score (nSPS) is 9.18. The zero-order valence-electron chi connectivity index (χ0n) is 5.31. The van der Waals surface area contributed by atoms with Crippen LogP contribution in [0.2, 0.25) is 10.3 Å². The van der Waals surface area contributed by atoms with Crippen LogP contribution in [0.15, 0.2) is 6.07 Å². The lowest BCUT2D eigenvalue weighted by atomic mass is 10.2. The number of rotatable bonds is 0. The Morgan fingerprint density at radius 3 is 2.73 bits per heavy atom. The minimum atomic E-state index is 0.0639. The summed E-state index contributed by atoms with van der Waals surface area (Å²) in [6.45, 7) is 0. The van der Waals surface area contributed by atoms with Gasteiger partial charge < -0.3 is 5.73 Å². The first-order valence-electron chi connectivity index (χ1n) is 2.66. The Bertz CT molecular complexity index is 329. The van der Waals surface area contributed by atoms with Crippen molar-refractivity contribution in [2.45, 2.75) is 0 Å². The maximum absolute atomic E-state index is 8.49. The molecule has 0 aliphatic heterocycles. The van der Waals surface area contributed by atoms with Crippen molar-refractivity contribution in [2.75, 3.05) is 5.73 Å². The van der Waals surface area contributed by atoms with E-state index in [1.54, 1.807) is 0 Å². The first-order chi connectivity index (χ1) is 5.15. The largest absolute Gasteiger partial charge is 0.395 e. The minimum Gasteiger partial charge on any atom is -0.395 e. The van der Waals surface area contributed by atoms with Crippen LogP contribution in [0.5, 0.6) is 0 Å². The zero-order chi connectivity index (χ0) is 8.43. The Balaban J connectivity index is 3.39. The van der Waals surface area contributed by atoms with Gasteiger partial charge in [-0.2, -0.15) is 5.26 Å². The SMILES string of the molecule is N#Cc1cc(Cl)nc(Cl)c1N. The maximum atomic E-state index is 8.49. The Morgan fingerprint density at radius 2 is 2.18 bits per heavy atom. The van der Waals surface area contributed by atoms with Crippen molar-refractivity contribution in [3.05, 3.63) is 21.9 Å². The van der Waals surface area contributed by atoms with E-state index >= 15 is 0 Å². The van der Waals surface area contributed by atoms with Crippen molar-refractivity contribution in [1.29, 1.82) is 5.26 Å². The molecule has 1 heterocycles. The van der Waals surface area contributed by atoms with Gasteiger partial charge in [-0.3, -0.25) is 0 Å². The smallest absolute Gasteiger partial charge is 0.155 e. The number of nitrogen functional groups attached to an aromatic ring is 1. The summed E-state index contributed by atoms with van der Waals surface area (Å²) in [6.07, 6.45) is 0. The van der Waals surface area contributed by atoms with Crippen molar-refractivity contribution in [1.82, 2.24) is 4.98 Å². The zero-order valence-corrected chi connectivity index (χ0v) is 6.82. The van der Waals surface area contributed by atoms with E-state index in [0.717, 1.165) is 0 Å². The Kier molecular flexibility index (Phi) is 2.18. The number of hydrogen-bond acceptors (Lipinski definition) is 3. The molecule has 56 valence electrons. The van der Waals surface area contributed by atoms with Crippen molar-refractivity contribution in [3.8, 4) is 6.07 Å². The molecule has 0 atom stereocenters. The second-order valence-electron chi connectivity index (χ2n) is 1.81. The lowest BCUT2D eigenvalue weighted by Crippen LogP contribution is -1.93. The van der Waals surface area contributed by atoms with Gasteiger partial charge in [0, 0.05) is 0 Å². The molecule has 0 amide bonds. The Morgan fingerprint density at radius 1 is 1.55 bits per heavy atom. The van der Waals surface area contributed by atoms with Crippen LogP contribution in [0, 0.1) is 11.3 Å². The standard InChI is InChI=1S/C6H3Cl2N3/c7-4-1-3(2-9)5(10)6(8)11-4/h1H,10H2. The van der Waals surface area contributed by atoms with E-state index in [-0.39, 0.29) is 21.6 Å². The monoisotopic (exact) mass is 187 g/mol. The summed E-state index contributed by atoms with van der Waals surface area (Å²) in [5, 5.41) is 8.72. The number of nitrogens with zero attached hydrogens (tertiary/aromatic N) is 2. The van der Waals surface area contributed by atoms with Gasteiger partial charge in [-0.05, 0) is 6.07 Å². The number of nitriles is 1. The summed E-state index contributed by atoms with van der Waals surface area (Å²) in [7, 11) is 0. The lowest BCUT2D eigenvalue weighted by molar-refractivity contribution is 1.31. The maximum Gasteiger partial charge on any atom is 0.155 e. The molecule has 1 rings (SSSR count). The highest BCUT2D eigenvalue weighted by molar-refractivity contribution is 6.34. The summed E-state index contributed by atoms with van der Waals surface area (Å²) in [5.41, 5.74) is 5.80. The topological polar surface area (TPSA) is 62.7 Å². The molecule has 0 fully saturated rings. The van der Waals surface area contributed by atoms with E-state index in [4.69, 9.17) is 34.2 Å². The summed E-state index contributed by atoms with van der Waals surface area (Å²) in [6, 6.07) is 3.21. The molecule has 2 N–H and O–H groups in total. The molecule has 0 aliphatic rings. The fraction of sp³-hybridized carbons (Fsp3) is 0. The van der Waals surface area contributed by atoms with Crippen molar-refractivity contribution in [2.24, 2.45) is 0 Å². The van der Waals surface area contributed by atoms with Gasteiger partial charge >= 0.3 is 0 Å². The van der Waals surface area contributed by atoms with Crippen LogP contribution in [0.4, 0.5) is 5.69 Å². The highest BCUT2D eigenvalue weighted by Crippen LogP contribution is 2.22. The molecule has 5 heteroatoms. The van der Waals surface area contributed by atoms with Crippen LogP contribution in [0.1, 0.15) is 5.56 Å². The molecular formula is C6H3Cl2N3. The van der Waals surface area contributed by atoms with Gasteiger partial charge in [-0.1, -0.05) is 23.2 Å². The number of halogens is 2. The van der Waals surface area contributed by atoms with E-state index < -0.39 is 0 Å². The first kappa shape index (κ1) is 8.12. The van der Waals surface area contributed by atoms with Gasteiger partial charge in [0.25, 0.3) is 0 Å². The van der Waals surface area contributed by atoms with Gasteiger partial charge in [0.05, 0.1) is 11.3 Å². The number of anilines is 1. The third-order valence-corrected chi connectivity index (χ3v) is 1.58.